The number of hydrogen-bond donors (Lipinski definition) is 1. The lowest BCUT2D eigenvalue weighted by molar-refractivity contribution is -0.109. The predicted octanol–water partition coefficient (Wildman–Crippen LogP) is 1.73. The van der Waals surface area contributed by atoms with Gasteiger partial charge in [0.15, 0.2) is 16.1 Å². The first-order chi connectivity index (χ1) is 7.59. The molecule has 2 N–H and O–H groups in total. The summed E-state index contributed by atoms with van der Waals surface area (Å²) in [5.41, 5.74) is 6.12. The van der Waals surface area contributed by atoms with E-state index in [1.54, 1.807) is 6.07 Å². The van der Waals surface area contributed by atoms with Crippen molar-refractivity contribution in [3.05, 3.63) is 16.8 Å². The van der Waals surface area contributed by atoms with Gasteiger partial charge in [-0.3, -0.25) is 4.79 Å². The van der Waals surface area contributed by atoms with Crippen molar-refractivity contribution in [2.75, 3.05) is 11.5 Å². The van der Waals surface area contributed by atoms with Crippen LogP contribution in [0.1, 0.15) is 18.9 Å². The van der Waals surface area contributed by atoms with Gasteiger partial charge in [-0.05, 0) is 6.07 Å². The van der Waals surface area contributed by atoms with Gasteiger partial charge in [-0.25, -0.2) is 0 Å². The quantitative estimate of drug-likeness (QED) is 0.644. The minimum Gasteiger partial charge on any atom is -0.381 e. The number of nitrogens with zero attached hydrogens (tertiary/aromatic N) is 2. The monoisotopic (exact) mass is 255 g/mol. The van der Waals surface area contributed by atoms with Gasteiger partial charge in [0.05, 0.1) is 5.56 Å². The first-order valence-corrected chi connectivity index (χ1v) is 5.87. The first kappa shape index (κ1) is 12.8. The highest BCUT2D eigenvalue weighted by molar-refractivity contribution is 8.13. The normalized spacial score (nSPS) is 9.38. The summed E-state index contributed by atoms with van der Waals surface area (Å²) >= 11 is 6.90. The maximum absolute atomic E-state index is 10.6. The Bertz CT molecular complexity index is 453. The number of hydrogen-bond acceptors (Lipinski definition) is 5. The van der Waals surface area contributed by atoms with Crippen LogP contribution in [0.15, 0.2) is 6.07 Å². The second-order valence-electron chi connectivity index (χ2n) is 2.86. The summed E-state index contributed by atoms with van der Waals surface area (Å²) in [6.07, 6.45) is 0.615. The summed E-state index contributed by atoms with van der Waals surface area (Å²) in [5.74, 6) is 6.67. The molecule has 84 valence electrons. The fraction of sp³-hybridized carbons (Fsp3) is 0.300. The molecule has 0 spiro atoms. The molecular formula is C10H10ClN3OS. The molecule has 0 radical (unpaired) electrons. The number of halogens is 1. The Morgan fingerprint density at radius 3 is 3.06 bits per heavy atom. The van der Waals surface area contributed by atoms with E-state index < -0.39 is 0 Å². The molecule has 1 aromatic heterocycles. The minimum atomic E-state index is 0.0925. The number of nitrogens with two attached hydrogens (primary N) is 1. The zero-order chi connectivity index (χ0) is 12.0. The summed E-state index contributed by atoms with van der Waals surface area (Å²) in [6, 6.07) is 1.56. The van der Waals surface area contributed by atoms with Crippen molar-refractivity contribution in [1.29, 1.82) is 0 Å². The Hall–Kier alpha value is -1.25. The van der Waals surface area contributed by atoms with E-state index in [1.165, 1.54) is 18.7 Å². The van der Waals surface area contributed by atoms with Crippen molar-refractivity contribution in [3.8, 4) is 11.8 Å². The molecule has 1 heterocycles. The van der Waals surface area contributed by atoms with Gasteiger partial charge in [0.2, 0.25) is 0 Å². The molecule has 0 atom stereocenters. The van der Waals surface area contributed by atoms with Crippen LogP contribution in [0.25, 0.3) is 0 Å². The van der Waals surface area contributed by atoms with Gasteiger partial charge in [-0.2, -0.15) is 0 Å². The van der Waals surface area contributed by atoms with Crippen LogP contribution in [0.3, 0.4) is 0 Å². The molecule has 0 fully saturated rings. The smallest absolute Gasteiger partial charge is 0.185 e. The number of rotatable bonds is 2. The van der Waals surface area contributed by atoms with E-state index in [0.29, 0.717) is 17.7 Å². The van der Waals surface area contributed by atoms with Gasteiger partial charge < -0.3 is 5.73 Å². The first-order valence-electron chi connectivity index (χ1n) is 4.50. The van der Waals surface area contributed by atoms with Crippen LogP contribution < -0.4 is 5.73 Å². The molecular weight excluding hydrogens is 246 g/mol. The summed E-state index contributed by atoms with van der Waals surface area (Å²) < 4.78 is 0. The highest BCUT2D eigenvalue weighted by Gasteiger charge is 1.99. The van der Waals surface area contributed by atoms with Crippen LogP contribution >= 0.6 is 23.4 Å². The zero-order valence-electron chi connectivity index (χ0n) is 8.66. The maximum Gasteiger partial charge on any atom is 0.185 e. The number of carbonyl (C=O) groups is 1. The molecule has 16 heavy (non-hydrogen) atoms. The Labute approximate surface area is 103 Å². The Kier molecular flexibility index (Phi) is 5.09. The second kappa shape index (κ2) is 6.36. The molecule has 0 aliphatic heterocycles. The maximum atomic E-state index is 10.6. The summed E-state index contributed by atoms with van der Waals surface area (Å²) in [5, 5.41) is 7.57. The lowest BCUT2D eigenvalue weighted by Gasteiger charge is -1.95. The summed E-state index contributed by atoms with van der Waals surface area (Å²) in [7, 11) is 0. The highest BCUT2D eigenvalue weighted by Crippen LogP contribution is 2.10. The van der Waals surface area contributed by atoms with E-state index in [2.05, 4.69) is 22.0 Å². The summed E-state index contributed by atoms with van der Waals surface area (Å²) in [4.78, 5) is 10.6. The molecule has 1 aromatic rings. The molecule has 0 aliphatic rings. The molecule has 0 amide bonds. The van der Waals surface area contributed by atoms with Crippen LogP contribution in [0.5, 0.6) is 0 Å². The van der Waals surface area contributed by atoms with Gasteiger partial charge in [-0.1, -0.05) is 35.2 Å². The molecule has 0 bridgehead atoms. The van der Waals surface area contributed by atoms with Crippen molar-refractivity contribution in [1.82, 2.24) is 10.2 Å². The van der Waals surface area contributed by atoms with Crippen LogP contribution in [0, 0.1) is 11.8 Å². The highest BCUT2D eigenvalue weighted by atomic mass is 35.5. The molecule has 4 nitrogen and oxygen atoms in total. The lowest BCUT2D eigenvalue weighted by Crippen LogP contribution is -1.96. The molecule has 0 aliphatic carbocycles. The number of carbonyl (C=O) groups excluding carboxylic acids is 1. The Morgan fingerprint density at radius 1 is 1.62 bits per heavy atom. The van der Waals surface area contributed by atoms with E-state index in [-0.39, 0.29) is 16.1 Å². The average molecular weight is 256 g/mol. The van der Waals surface area contributed by atoms with Gasteiger partial charge in [0, 0.05) is 19.1 Å². The summed E-state index contributed by atoms with van der Waals surface area (Å²) in [6.45, 7) is 1.53. The van der Waals surface area contributed by atoms with Gasteiger partial charge >= 0.3 is 0 Å². The molecule has 0 aromatic carbocycles. The van der Waals surface area contributed by atoms with Crippen molar-refractivity contribution < 1.29 is 4.79 Å². The largest absolute Gasteiger partial charge is 0.381 e. The number of aromatic nitrogens is 2. The lowest BCUT2D eigenvalue weighted by atomic mass is 10.3. The zero-order valence-corrected chi connectivity index (χ0v) is 10.2. The second-order valence-corrected chi connectivity index (χ2v) is 4.52. The number of nitrogen functional groups attached to an aromatic ring is 1. The van der Waals surface area contributed by atoms with Gasteiger partial charge in [0.25, 0.3) is 0 Å². The van der Waals surface area contributed by atoms with Crippen LogP contribution in [0.4, 0.5) is 5.82 Å². The third-order valence-corrected chi connectivity index (χ3v) is 2.55. The Morgan fingerprint density at radius 2 is 2.38 bits per heavy atom. The van der Waals surface area contributed by atoms with Crippen LogP contribution in [-0.4, -0.2) is 21.1 Å². The minimum absolute atomic E-state index is 0.0925. The van der Waals surface area contributed by atoms with Crippen molar-refractivity contribution >= 4 is 34.3 Å². The van der Waals surface area contributed by atoms with Crippen LogP contribution in [-0.2, 0) is 4.79 Å². The topological polar surface area (TPSA) is 68.9 Å². The average Bonchev–Trinajstić information content (AvgIpc) is 2.22. The molecule has 6 heteroatoms. The fourth-order valence-electron chi connectivity index (χ4n) is 0.881. The van der Waals surface area contributed by atoms with Crippen LogP contribution in [0.2, 0.25) is 5.15 Å². The van der Waals surface area contributed by atoms with Gasteiger partial charge in [-0.15, -0.1) is 10.2 Å². The fourth-order valence-corrected chi connectivity index (χ4v) is 1.52. The third-order valence-electron chi connectivity index (χ3n) is 1.55. The Balaban J connectivity index is 2.56. The SMILES string of the molecule is CC(=O)SCCC#Cc1cc(Cl)nnc1N. The van der Waals surface area contributed by atoms with E-state index in [4.69, 9.17) is 17.3 Å². The third kappa shape index (κ3) is 4.51. The molecule has 0 saturated heterocycles. The molecule has 0 unspecified atom stereocenters. The van der Waals surface area contributed by atoms with Crippen molar-refractivity contribution in [3.63, 3.8) is 0 Å². The van der Waals surface area contributed by atoms with E-state index >= 15 is 0 Å². The molecule has 1 rings (SSSR count). The van der Waals surface area contributed by atoms with Crippen molar-refractivity contribution in [2.45, 2.75) is 13.3 Å². The predicted molar refractivity (Wildman–Crippen MR) is 66.1 cm³/mol. The number of anilines is 1. The van der Waals surface area contributed by atoms with Crippen molar-refractivity contribution in [2.24, 2.45) is 0 Å². The van der Waals surface area contributed by atoms with Gasteiger partial charge in [0.1, 0.15) is 0 Å². The standard InChI is InChI=1S/C10H10ClN3OS/c1-7(15)16-5-3-2-4-8-6-9(11)13-14-10(8)12/h6H,3,5H2,1H3,(H2,12,14). The number of thioether (sulfide) groups is 1. The van der Waals surface area contributed by atoms with E-state index in [0.717, 1.165) is 0 Å². The molecule has 0 saturated carbocycles. The van der Waals surface area contributed by atoms with E-state index in [1.807, 2.05) is 0 Å². The van der Waals surface area contributed by atoms with E-state index in [9.17, 15) is 4.79 Å².